The van der Waals surface area contributed by atoms with Crippen LogP contribution in [-0.2, 0) is 0 Å². The van der Waals surface area contributed by atoms with Gasteiger partial charge in [0.2, 0.25) is 0 Å². The lowest BCUT2D eigenvalue weighted by atomic mass is 9.92. The second-order valence-electron chi connectivity index (χ2n) is 5.20. The Morgan fingerprint density at radius 3 is 3.00 bits per heavy atom. The van der Waals surface area contributed by atoms with Crippen molar-refractivity contribution in [3.05, 3.63) is 27.6 Å². The van der Waals surface area contributed by atoms with Gasteiger partial charge in [0.25, 0.3) is 0 Å². The Bertz CT molecular complexity index is 411. The summed E-state index contributed by atoms with van der Waals surface area (Å²) >= 11 is 2.07. The molecule has 0 radical (unpaired) electrons. The summed E-state index contributed by atoms with van der Waals surface area (Å²) in [5.74, 6) is 0.497. The van der Waals surface area contributed by atoms with Crippen molar-refractivity contribution < 1.29 is 4.39 Å². The quantitative estimate of drug-likeness (QED) is 0.827. The van der Waals surface area contributed by atoms with Crippen LogP contribution in [0.1, 0.15) is 19.8 Å². The van der Waals surface area contributed by atoms with Gasteiger partial charge in [0, 0.05) is 12.6 Å². The molecule has 2 nitrogen and oxygen atoms in total. The zero-order valence-electron chi connectivity index (χ0n) is 10.9. The number of nitrogens with zero attached hydrogens (tertiary/aromatic N) is 1. The summed E-state index contributed by atoms with van der Waals surface area (Å²) in [6.07, 6.45) is 2.51. The molecule has 1 saturated heterocycles. The minimum atomic E-state index is -0.145. The van der Waals surface area contributed by atoms with Crippen LogP contribution in [0.15, 0.2) is 18.2 Å². The maximum Gasteiger partial charge on any atom is 0.138 e. The Kier molecular flexibility index (Phi) is 4.84. The van der Waals surface area contributed by atoms with Crippen molar-refractivity contribution in [2.45, 2.75) is 25.8 Å². The number of hydrogen-bond acceptors (Lipinski definition) is 2. The summed E-state index contributed by atoms with van der Waals surface area (Å²) in [4.78, 5) is 2.38. The summed E-state index contributed by atoms with van der Waals surface area (Å²) < 4.78 is 14.2. The van der Waals surface area contributed by atoms with Gasteiger partial charge in [0.15, 0.2) is 0 Å². The summed E-state index contributed by atoms with van der Waals surface area (Å²) in [7, 11) is 2.17. The molecule has 1 aromatic rings. The van der Waals surface area contributed by atoms with Crippen molar-refractivity contribution in [1.82, 2.24) is 4.90 Å². The van der Waals surface area contributed by atoms with Gasteiger partial charge >= 0.3 is 0 Å². The van der Waals surface area contributed by atoms with Crippen LogP contribution in [0, 0.1) is 15.3 Å². The number of nitrogens with one attached hydrogen (secondary N) is 1. The van der Waals surface area contributed by atoms with E-state index in [-0.39, 0.29) is 5.82 Å². The van der Waals surface area contributed by atoms with Crippen LogP contribution in [0.2, 0.25) is 0 Å². The smallest absolute Gasteiger partial charge is 0.138 e. The van der Waals surface area contributed by atoms with E-state index >= 15 is 0 Å². The number of benzene rings is 1. The van der Waals surface area contributed by atoms with Crippen molar-refractivity contribution in [3.8, 4) is 0 Å². The molecule has 0 bridgehead atoms. The SMILES string of the molecule is CC(Nc1cccc(F)c1I)C1CCCN(C)C1. The Hall–Kier alpha value is -0.360. The minimum Gasteiger partial charge on any atom is -0.381 e. The molecule has 4 heteroatoms. The van der Waals surface area contributed by atoms with Crippen molar-refractivity contribution in [1.29, 1.82) is 0 Å². The maximum absolute atomic E-state index is 13.5. The molecule has 2 rings (SSSR count). The molecule has 2 atom stereocenters. The summed E-state index contributed by atoms with van der Waals surface area (Å²) in [6.45, 7) is 4.52. The topological polar surface area (TPSA) is 15.3 Å². The van der Waals surface area contributed by atoms with Gasteiger partial charge < -0.3 is 10.2 Å². The second-order valence-corrected chi connectivity index (χ2v) is 6.28. The molecule has 0 saturated carbocycles. The highest BCUT2D eigenvalue weighted by Gasteiger charge is 2.23. The summed E-state index contributed by atoms with van der Waals surface area (Å²) in [6, 6.07) is 5.60. The van der Waals surface area contributed by atoms with E-state index in [1.165, 1.54) is 25.5 Å². The lowest BCUT2D eigenvalue weighted by Gasteiger charge is -2.34. The van der Waals surface area contributed by atoms with Gasteiger partial charge in [-0.1, -0.05) is 6.07 Å². The predicted molar refractivity (Wildman–Crippen MR) is 82.4 cm³/mol. The monoisotopic (exact) mass is 362 g/mol. The van der Waals surface area contributed by atoms with Crippen LogP contribution in [0.4, 0.5) is 10.1 Å². The lowest BCUT2D eigenvalue weighted by molar-refractivity contribution is 0.197. The molecule has 18 heavy (non-hydrogen) atoms. The van der Waals surface area contributed by atoms with E-state index in [0.29, 0.717) is 15.5 Å². The molecule has 2 unspecified atom stereocenters. The van der Waals surface area contributed by atoms with Gasteiger partial charge in [-0.05, 0) is 74.0 Å². The van der Waals surface area contributed by atoms with Crippen LogP contribution in [0.5, 0.6) is 0 Å². The first-order valence-electron chi connectivity index (χ1n) is 6.47. The summed E-state index contributed by atoms with van der Waals surface area (Å²) in [5, 5.41) is 3.47. The fraction of sp³-hybridized carbons (Fsp3) is 0.571. The predicted octanol–water partition coefficient (Wildman–Crippen LogP) is 3.57. The van der Waals surface area contributed by atoms with Crippen molar-refractivity contribution in [2.75, 3.05) is 25.5 Å². The van der Waals surface area contributed by atoms with E-state index < -0.39 is 0 Å². The number of likely N-dealkylation sites (tertiary alicyclic amines) is 1. The highest BCUT2D eigenvalue weighted by atomic mass is 127. The van der Waals surface area contributed by atoms with E-state index in [1.54, 1.807) is 6.07 Å². The van der Waals surface area contributed by atoms with Gasteiger partial charge in [0.05, 0.1) is 9.26 Å². The van der Waals surface area contributed by atoms with Gasteiger partial charge in [-0.2, -0.15) is 0 Å². The Morgan fingerprint density at radius 1 is 1.50 bits per heavy atom. The van der Waals surface area contributed by atoms with E-state index in [9.17, 15) is 4.39 Å². The number of piperidine rings is 1. The molecule has 1 N–H and O–H groups in total. The molecule has 100 valence electrons. The minimum absolute atomic E-state index is 0.145. The highest BCUT2D eigenvalue weighted by molar-refractivity contribution is 14.1. The van der Waals surface area contributed by atoms with E-state index in [1.807, 2.05) is 6.07 Å². The van der Waals surface area contributed by atoms with E-state index in [4.69, 9.17) is 0 Å². The highest BCUT2D eigenvalue weighted by Crippen LogP contribution is 2.25. The molecule has 0 spiro atoms. The van der Waals surface area contributed by atoms with Gasteiger partial charge in [-0.15, -0.1) is 0 Å². The largest absolute Gasteiger partial charge is 0.381 e. The first kappa shape index (κ1) is 14.1. The Morgan fingerprint density at radius 2 is 2.28 bits per heavy atom. The average molecular weight is 362 g/mol. The van der Waals surface area contributed by atoms with Gasteiger partial charge in [-0.3, -0.25) is 0 Å². The zero-order chi connectivity index (χ0) is 13.1. The average Bonchev–Trinajstić information content (AvgIpc) is 2.35. The van der Waals surface area contributed by atoms with Crippen molar-refractivity contribution >= 4 is 28.3 Å². The molecule has 0 aliphatic carbocycles. The van der Waals surface area contributed by atoms with Crippen LogP contribution >= 0.6 is 22.6 Å². The number of anilines is 1. The van der Waals surface area contributed by atoms with Crippen LogP contribution < -0.4 is 5.32 Å². The van der Waals surface area contributed by atoms with E-state index in [0.717, 1.165) is 12.2 Å². The number of halogens is 2. The fourth-order valence-corrected chi connectivity index (χ4v) is 3.11. The standard InChI is InChI=1S/C14H20FIN2/c1-10(11-5-4-8-18(2)9-11)17-13-7-3-6-12(15)14(13)16/h3,6-7,10-11,17H,4-5,8-9H2,1-2H3. The third-order valence-electron chi connectivity index (χ3n) is 3.70. The molecular formula is C14H20FIN2. The van der Waals surface area contributed by atoms with Crippen molar-refractivity contribution in [2.24, 2.45) is 5.92 Å². The first-order valence-corrected chi connectivity index (χ1v) is 7.55. The zero-order valence-corrected chi connectivity index (χ0v) is 13.1. The summed E-state index contributed by atoms with van der Waals surface area (Å²) in [5.41, 5.74) is 0.913. The van der Waals surface area contributed by atoms with Gasteiger partial charge in [0.1, 0.15) is 5.82 Å². The van der Waals surface area contributed by atoms with Crippen LogP contribution in [0.25, 0.3) is 0 Å². The third-order valence-corrected chi connectivity index (χ3v) is 4.80. The molecule has 0 amide bonds. The van der Waals surface area contributed by atoms with Crippen LogP contribution in [-0.4, -0.2) is 31.1 Å². The molecule has 1 heterocycles. The molecule has 1 fully saturated rings. The lowest BCUT2D eigenvalue weighted by Crippen LogP contribution is -2.40. The molecular weight excluding hydrogens is 342 g/mol. The fourth-order valence-electron chi connectivity index (χ4n) is 2.59. The van der Waals surface area contributed by atoms with E-state index in [2.05, 4.69) is 46.8 Å². The third kappa shape index (κ3) is 3.35. The Labute approximate surface area is 122 Å². The van der Waals surface area contributed by atoms with Crippen molar-refractivity contribution in [3.63, 3.8) is 0 Å². The van der Waals surface area contributed by atoms with Crippen LogP contribution in [0.3, 0.4) is 0 Å². The van der Waals surface area contributed by atoms with Gasteiger partial charge in [-0.25, -0.2) is 4.39 Å². The molecule has 1 aliphatic heterocycles. The maximum atomic E-state index is 13.5. The number of hydrogen-bond donors (Lipinski definition) is 1. The Balaban J connectivity index is 2.02. The second kappa shape index (κ2) is 6.19. The molecule has 1 aliphatic rings. The normalized spacial score (nSPS) is 22.8. The first-order chi connectivity index (χ1) is 8.58. The molecule has 1 aromatic carbocycles. The number of rotatable bonds is 3. The molecule has 0 aromatic heterocycles.